The second-order valence-corrected chi connectivity index (χ2v) is 8.09. The van der Waals surface area contributed by atoms with Crippen LogP contribution in [-0.4, -0.2) is 61.7 Å². The van der Waals surface area contributed by atoms with Crippen LogP contribution in [0.5, 0.6) is 0 Å². The SMILES string of the molecule is CN=C(NCCS(C)(=O)=O)N(C)Cc1cn(C)nc1C(C)C.I. The Hall–Kier alpha value is -0.840. The van der Waals surface area contributed by atoms with Crippen molar-refractivity contribution >= 4 is 39.8 Å². The number of aliphatic imine (C=N–C) groups is 1. The number of nitrogens with one attached hydrogen (secondary N) is 1. The van der Waals surface area contributed by atoms with E-state index in [0.717, 1.165) is 11.3 Å². The summed E-state index contributed by atoms with van der Waals surface area (Å²) in [7, 11) is 2.54. The van der Waals surface area contributed by atoms with Gasteiger partial charge in [-0.05, 0) is 5.92 Å². The normalized spacial score (nSPS) is 12.2. The van der Waals surface area contributed by atoms with Crippen LogP contribution in [0.25, 0.3) is 0 Å². The first kappa shape index (κ1) is 22.2. The smallest absolute Gasteiger partial charge is 0.193 e. The standard InChI is InChI=1S/C14H27N5O2S.HI/c1-11(2)13-12(10-19(5)17-13)9-18(4)14(15-3)16-7-8-22(6,20)21;/h10-11H,7-9H2,1-6H3,(H,15,16);1H. The van der Waals surface area contributed by atoms with Crippen LogP contribution < -0.4 is 5.32 Å². The summed E-state index contributed by atoms with van der Waals surface area (Å²) >= 11 is 0. The monoisotopic (exact) mass is 457 g/mol. The molecule has 0 amide bonds. The zero-order chi connectivity index (χ0) is 16.9. The molecule has 0 aromatic carbocycles. The predicted molar refractivity (Wildman–Crippen MR) is 105 cm³/mol. The van der Waals surface area contributed by atoms with Gasteiger partial charge in [0.1, 0.15) is 9.84 Å². The molecule has 0 aliphatic carbocycles. The molecule has 0 atom stereocenters. The molecule has 1 N–H and O–H groups in total. The molecule has 23 heavy (non-hydrogen) atoms. The molecule has 0 unspecified atom stereocenters. The van der Waals surface area contributed by atoms with Gasteiger partial charge in [0, 0.05) is 52.2 Å². The van der Waals surface area contributed by atoms with Crippen LogP contribution in [0, 0.1) is 0 Å². The van der Waals surface area contributed by atoms with Gasteiger partial charge in [-0.15, -0.1) is 24.0 Å². The topological polar surface area (TPSA) is 79.6 Å². The second kappa shape index (κ2) is 9.45. The third kappa shape index (κ3) is 7.51. The number of halogens is 1. The van der Waals surface area contributed by atoms with Gasteiger partial charge in [0.2, 0.25) is 0 Å². The number of nitrogens with zero attached hydrogens (tertiary/aromatic N) is 4. The first-order valence-corrected chi connectivity index (χ1v) is 9.32. The average Bonchev–Trinajstić information content (AvgIpc) is 2.74. The number of rotatable bonds is 6. The molecule has 0 spiro atoms. The molecule has 134 valence electrons. The first-order chi connectivity index (χ1) is 10.1. The highest BCUT2D eigenvalue weighted by atomic mass is 127. The van der Waals surface area contributed by atoms with E-state index in [-0.39, 0.29) is 29.7 Å². The van der Waals surface area contributed by atoms with Gasteiger partial charge in [-0.2, -0.15) is 5.10 Å². The van der Waals surface area contributed by atoms with Gasteiger partial charge in [0.15, 0.2) is 5.96 Å². The van der Waals surface area contributed by atoms with Gasteiger partial charge in [-0.1, -0.05) is 13.8 Å². The van der Waals surface area contributed by atoms with Crippen molar-refractivity contribution in [2.75, 3.05) is 32.6 Å². The van der Waals surface area contributed by atoms with E-state index >= 15 is 0 Å². The Bertz CT molecular complexity index is 625. The fourth-order valence-electron chi connectivity index (χ4n) is 2.23. The maximum Gasteiger partial charge on any atom is 0.193 e. The Morgan fingerprint density at radius 3 is 2.57 bits per heavy atom. The average molecular weight is 457 g/mol. The number of hydrogen-bond acceptors (Lipinski definition) is 4. The molecule has 1 heterocycles. The van der Waals surface area contributed by atoms with Crippen molar-refractivity contribution in [2.24, 2.45) is 12.0 Å². The van der Waals surface area contributed by atoms with Crippen LogP contribution in [-0.2, 0) is 23.4 Å². The lowest BCUT2D eigenvalue weighted by atomic mass is 10.1. The lowest BCUT2D eigenvalue weighted by Gasteiger charge is -2.22. The van der Waals surface area contributed by atoms with Gasteiger partial charge in [0.25, 0.3) is 0 Å². The molecular formula is C14H28IN5O2S. The van der Waals surface area contributed by atoms with E-state index in [2.05, 4.69) is 29.3 Å². The second-order valence-electron chi connectivity index (χ2n) is 5.83. The van der Waals surface area contributed by atoms with Crippen LogP contribution >= 0.6 is 24.0 Å². The number of guanidine groups is 1. The van der Waals surface area contributed by atoms with E-state index < -0.39 is 9.84 Å². The zero-order valence-corrected chi connectivity index (χ0v) is 17.8. The lowest BCUT2D eigenvalue weighted by molar-refractivity contribution is 0.475. The number of aromatic nitrogens is 2. The van der Waals surface area contributed by atoms with Gasteiger partial charge in [-0.25, -0.2) is 8.42 Å². The summed E-state index contributed by atoms with van der Waals surface area (Å²) in [5.41, 5.74) is 2.21. The van der Waals surface area contributed by atoms with E-state index in [1.165, 1.54) is 6.26 Å². The van der Waals surface area contributed by atoms with E-state index in [1.54, 1.807) is 7.05 Å². The molecule has 0 fully saturated rings. The van der Waals surface area contributed by atoms with Crippen molar-refractivity contribution in [2.45, 2.75) is 26.3 Å². The van der Waals surface area contributed by atoms with Gasteiger partial charge >= 0.3 is 0 Å². The van der Waals surface area contributed by atoms with Crippen molar-refractivity contribution < 1.29 is 8.42 Å². The van der Waals surface area contributed by atoms with E-state index in [4.69, 9.17) is 0 Å². The van der Waals surface area contributed by atoms with Crippen LogP contribution in [0.3, 0.4) is 0 Å². The van der Waals surface area contributed by atoms with E-state index in [9.17, 15) is 8.42 Å². The van der Waals surface area contributed by atoms with Crippen molar-refractivity contribution in [1.29, 1.82) is 0 Å². The quantitative estimate of drug-likeness (QED) is 0.395. The summed E-state index contributed by atoms with van der Waals surface area (Å²) < 4.78 is 24.2. The van der Waals surface area contributed by atoms with Crippen molar-refractivity contribution in [1.82, 2.24) is 20.0 Å². The largest absolute Gasteiger partial charge is 0.355 e. The Balaban J connectivity index is 0.00000484. The Kier molecular flexibility index (Phi) is 9.11. The summed E-state index contributed by atoms with van der Waals surface area (Å²) in [6, 6.07) is 0. The van der Waals surface area contributed by atoms with Crippen molar-refractivity contribution in [3.8, 4) is 0 Å². The van der Waals surface area contributed by atoms with Gasteiger partial charge in [0.05, 0.1) is 11.4 Å². The lowest BCUT2D eigenvalue weighted by Crippen LogP contribution is -2.40. The minimum absolute atomic E-state index is 0. The summed E-state index contributed by atoms with van der Waals surface area (Å²) in [6.07, 6.45) is 3.24. The maximum absolute atomic E-state index is 11.2. The summed E-state index contributed by atoms with van der Waals surface area (Å²) in [5, 5.41) is 7.56. The fourth-order valence-corrected chi connectivity index (χ4v) is 2.70. The highest BCUT2D eigenvalue weighted by molar-refractivity contribution is 14.0. The Morgan fingerprint density at radius 2 is 2.09 bits per heavy atom. The van der Waals surface area contributed by atoms with Crippen LogP contribution in [0.4, 0.5) is 0 Å². The molecule has 0 saturated heterocycles. The number of sulfone groups is 1. The van der Waals surface area contributed by atoms with Crippen LogP contribution in [0.1, 0.15) is 31.0 Å². The first-order valence-electron chi connectivity index (χ1n) is 7.26. The van der Waals surface area contributed by atoms with E-state index in [1.807, 2.05) is 29.9 Å². The summed E-state index contributed by atoms with van der Waals surface area (Å²) in [6.45, 7) is 5.25. The molecule has 0 bridgehead atoms. The Labute approximate surface area is 156 Å². The molecule has 0 saturated carbocycles. The van der Waals surface area contributed by atoms with Crippen molar-refractivity contribution in [3.63, 3.8) is 0 Å². The molecule has 1 rings (SSSR count). The minimum Gasteiger partial charge on any atom is -0.355 e. The highest BCUT2D eigenvalue weighted by Gasteiger charge is 2.15. The Morgan fingerprint density at radius 1 is 1.48 bits per heavy atom. The molecular weight excluding hydrogens is 429 g/mol. The number of aryl methyl sites for hydroxylation is 1. The molecule has 0 aliphatic heterocycles. The van der Waals surface area contributed by atoms with Crippen LogP contribution in [0.15, 0.2) is 11.2 Å². The molecule has 0 aliphatic rings. The zero-order valence-electron chi connectivity index (χ0n) is 14.7. The fraction of sp³-hybridized carbons (Fsp3) is 0.714. The van der Waals surface area contributed by atoms with Gasteiger partial charge in [-0.3, -0.25) is 9.67 Å². The number of hydrogen-bond donors (Lipinski definition) is 1. The predicted octanol–water partition coefficient (Wildman–Crippen LogP) is 1.21. The third-order valence-electron chi connectivity index (χ3n) is 3.22. The molecule has 1 aromatic heterocycles. The van der Waals surface area contributed by atoms with Crippen LogP contribution in [0.2, 0.25) is 0 Å². The highest BCUT2D eigenvalue weighted by Crippen LogP contribution is 2.18. The molecule has 7 nitrogen and oxygen atoms in total. The summed E-state index contributed by atoms with van der Waals surface area (Å²) in [4.78, 5) is 6.16. The summed E-state index contributed by atoms with van der Waals surface area (Å²) in [5.74, 6) is 1.11. The molecule has 0 radical (unpaired) electrons. The van der Waals surface area contributed by atoms with E-state index in [0.29, 0.717) is 25.0 Å². The van der Waals surface area contributed by atoms with Crippen molar-refractivity contribution in [3.05, 3.63) is 17.5 Å². The van der Waals surface area contributed by atoms with Gasteiger partial charge < -0.3 is 10.2 Å². The maximum atomic E-state index is 11.2. The molecule has 1 aromatic rings. The third-order valence-corrected chi connectivity index (χ3v) is 4.17. The minimum atomic E-state index is -2.98. The molecule has 9 heteroatoms.